The summed E-state index contributed by atoms with van der Waals surface area (Å²) < 4.78 is 14.0. The number of hydrogen-bond donors (Lipinski definition) is 1. The number of rotatable bonds is 7. The highest BCUT2D eigenvalue weighted by Gasteiger charge is 2.22. The molecule has 1 amide bonds. The number of carboxylic acids is 1. The average molecular weight is 295 g/mol. The molecule has 0 aliphatic carbocycles. The Morgan fingerprint density at radius 1 is 1.29 bits per heavy atom. The smallest absolute Gasteiger partial charge is 0.335 e. The summed E-state index contributed by atoms with van der Waals surface area (Å²) in [6.07, 6.45) is 2.92. The number of carbonyl (C=O) groups excluding carboxylic acids is 1. The van der Waals surface area contributed by atoms with Crippen LogP contribution in [0.15, 0.2) is 18.2 Å². The van der Waals surface area contributed by atoms with E-state index in [4.69, 9.17) is 5.11 Å². The van der Waals surface area contributed by atoms with Gasteiger partial charge in [0.2, 0.25) is 0 Å². The molecule has 116 valence electrons. The fraction of sp³-hybridized carbons (Fsp3) is 0.500. The van der Waals surface area contributed by atoms with Crippen molar-refractivity contribution in [3.05, 3.63) is 35.1 Å². The molecular formula is C16H22FNO3. The third-order valence-corrected chi connectivity index (χ3v) is 3.33. The van der Waals surface area contributed by atoms with Crippen molar-refractivity contribution < 1.29 is 19.1 Å². The molecule has 0 saturated carbocycles. The van der Waals surface area contributed by atoms with Gasteiger partial charge in [0.15, 0.2) is 0 Å². The number of hydrogen-bond acceptors (Lipinski definition) is 2. The summed E-state index contributed by atoms with van der Waals surface area (Å²) in [7, 11) is 0. The largest absolute Gasteiger partial charge is 0.478 e. The Kier molecular flexibility index (Phi) is 6.34. The second-order valence-corrected chi connectivity index (χ2v) is 5.30. The second kappa shape index (κ2) is 7.76. The summed E-state index contributed by atoms with van der Waals surface area (Å²) in [4.78, 5) is 24.8. The highest BCUT2D eigenvalue weighted by Crippen LogP contribution is 2.16. The zero-order valence-electron chi connectivity index (χ0n) is 12.7. The van der Waals surface area contributed by atoms with Gasteiger partial charge in [-0.2, -0.15) is 0 Å². The van der Waals surface area contributed by atoms with Crippen LogP contribution in [0.1, 0.15) is 60.7 Å². The van der Waals surface area contributed by atoms with Gasteiger partial charge < -0.3 is 10.0 Å². The van der Waals surface area contributed by atoms with E-state index in [9.17, 15) is 14.0 Å². The van der Waals surface area contributed by atoms with Gasteiger partial charge >= 0.3 is 5.97 Å². The molecule has 0 saturated heterocycles. The molecule has 0 aliphatic heterocycles. The number of halogens is 1. The Morgan fingerprint density at radius 3 is 2.43 bits per heavy atom. The molecule has 5 heteroatoms. The van der Waals surface area contributed by atoms with E-state index in [1.54, 1.807) is 4.90 Å². The quantitative estimate of drug-likeness (QED) is 0.782. The number of amides is 1. The van der Waals surface area contributed by atoms with E-state index in [0.29, 0.717) is 6.54 Å². The molecule has 1 rings (SSSR count). The number of unbranched alkanes of at least 4 members (excludes halogenated alkanes) is 2. The highest BCUT2D eigenvalue weighted by atomic mass is 19.1. The van der Waals surface area contributed by atoms with Gasteiger partial charge in [0, 0.05) is 12.6 Å². The van der Waals surface area contributed by atoms with Crippen LogP contribution in [-0.2, 0) is 0 Å². The maximum absolute atomic E-state index is 14.0. The van der Waals surface area contributed by atoms with Crippen molar-refractivity contribution in [2.24, 2.45) is 0 Å². The molecule has 0 unspecified atom stereocenters. The first kappa shape index (κ1) is 17.1. The standard InChI is InChI=1S/C16H22FNO3/c1-4-5-6-9-18(11(2)3)15(19)13-8-7-12(16(20)21)10-14(13)17/h7-8,10-11H,4-6,9H2,1-3H3,(H,20,21). The Hall–Kier alpha value is -1.91. The third kappa shape index (κ3) is 4.55. The topological polar surface area (TPSA) is 57.6 Å². The maximum atomic E-state index is 14.0. The monoisotopic (exact) mass is 295 g/mol. The molecule has 0 spiro atoms. The molecule has 4 nitrogen and oxygen atoms in total. The molecule has 21 heavy (non-hydrogen) atoms. The van der Waals surface area contributed by atoms with E-state index in [1.165, 1.54) is 12.1 Å². The molecule has 0 bridgehead atoms. The SMILES string of the molecule is CCCCCN(C(=O)c1ccc(C(=O)O)cc1F)C(C)C. The minimum atomic E-state index is -1.21. The maximum Gasteiger partial charge on any atom is 0.335 e. The van der Waals surface area contributed by atoms with E-state index in [-0.39, 0.29) is 17.2 Å². The lowest BCUT2D eigenvalue weighted by Gasteiger charge is -2.27. The van der Waals surface area contributed by atoms with Crippen LogP contribution < -0.4 is 0 Å². The van der Waals surface area contributed by atoms with Gasteiger partial charge in [-0.15, -0.1) is 0 Å². The van der Waals surface area contributed by atoms with Crippen molar-refractivity contribution in [1.29, 1.82) is 0 Å². The minimum absolute atomic E-state index is 0.0343. The fourth-order valence-corrected chi connectivity index (χ4v) is 2.10. The number of aromatic carboxylic acids is 1. The van der Waals surface area contributed by atoms with Gasteiger partial charge in [-0.05, 0) is 38.5 Å². The Morgan fingerprint density at radius 2 is 1.95 bits per heavy atom. The second-order valence-electron chi connectivity index (χ2n) is 5.30. The van der Waals surface area contributed by atoms with Crippen LogP contribution in [0.5, 0.6) is 0 Å². The Balaban J connectivity index is 2.95. The van der Waals surface area contributed by atoms with Crippen LogP contribution in [0.4, 0.5) is 4.39 Å². The van der Waals surface area contributed by atoms with Gasteiger partial charge in [-0.3, -0.25) is 4.79 Å². The van der Waals surface area contributed by atoms with Gasteiger partial charge in [-0.1, -0.05) is 19.8 Å². The van der Waals surface area contributed by atoms with Crippen molar-refractivity contribution >= 4 is 11.9 Å². The predicted molar refractivity (Wildman–Crippen MR) is 79.1 cm³/mol. The van der Waals surface area contributed by atoms with Gasteiger partial charge in [0.1, 0.15) is 5.82 Å². The van der Waals surface area contributed by atoms with Crippen LogP contribution >= 0.6 is 0 Å². The van der Waals surface area contributed by atoms with E-state index in [1.807, 2.05) is 13.8 Å². The molecule has 0 atom stereocenters. The first-order valence-corrected chi connectivity index (χ1v) is 7.22. The summed E-state index contributed by atoms with van der Waals surface area (Å²) in [5.41, 5.74) is -0.240. The van der Waals surface area contributed by atoms with Gasteiger partial charge in [0.25, 0.3) is 5.91 Å². The molecular weight excluding hydrogens is 273 g/mol. The van der Waals surface area contributed by atoms with E-state index in [2.05, 4.69) is 6.92 Å². The number of nitrogens with zero attached hydrogens (tertiary/aromatic N) is 1. The van der Waals surface area contributed by atoms with E-state index < -0.39 is 17.7 Å². The van der Waals surface area contributed by atoms with Crippen molar-refractivity contribution in [2.45, 2.75) is 46.1 Å². The molecule has 1 aromatic rings. The van der Waals surface area contributed by atoms with Gasteiger partial charge in [-0.25, -0.2) is 9.18 Å². The third-order valence-electron chi connectivity index (χ3n) is 3.33. The first-order valence-electron chi connectivity index (χ1n) is 7.22. The van der Waals surface area contributed by atoms with Crippen LogP contribution in [-0.4, -0.2) is 34.5 Å². The van der Waals surface area contributed by atoms with Crippen molar-refractivity contribution in [3.63, 3.8) is 0 Å². The van der Waals surface area contributed by atoms with E-state index >= 15 is 0 Å². The molecule has 1 N–H and O–H groups in total. The van der Waals surface area contributed by atoms with Gasteiger partial charge in [0.05, 0.1) is 11.1 Å². The zero-order chi connectivity index (χ0) is 16.0. The summed E-state index contributed by atoms with van der Waals surface area (Å²) in [6.45, 7) is 6.41. The number of carboxylic acid groups (broad SMARTS) is 1. The normalized spacial score (nSPS) is 10.7. The fourth-order valence-electron chi connectivity index (χ4n) is 2.10. The highest BCUT2D eigenvalue weighted by molar-refractivity contribution is 5.96. The summed E-state index contributed by atoms with van der Waals surface area (Å²) in [6, 6.07) is 3.35. The molecule has 1 aromatic carbocycles. The first-order chi connectivity index (χ1) is 9.88. The summed E-state index contributed by atoms with van der Waals surface area (Å²) in [5.74, 6) is -2.40. The average Bonchev–Trinajstić information content (AvgIpc) is 2.42. The van der Waals surface area contributed by atoms with Crippen LogP contribution in [0, 0.1) is 5.82 Å². The van der Waals surface area contributed by atoms with Crippen LogP contribution in [0.2, 0.25) is 0 Å². The Bertz CT molecular complexity index is 514. The minimum Gasteiger partial charge on any atom is -0.478 e. The lowest BCUT2D eigenvalue weighted by atomic mass is 10.1. The van der Waals surface area contributed by atoms with Crippen molar-refractivity contribution in [3.8, 4) is 0 Å². The Labute approximate surface area is 124 Å². The van der Waals surface area contributed by atoms with E-state index in [0.717, 1.165) is 25.3 Å². The van der Waals surface area contributed by atoms with Crippen LogP contribution in [0.25, 0.3) is 0 Å². The predicted octanol–water partition coefficient (Wildman–Crippen LogP) is 3.56. The molecule has 0 fully saturated rings. The molecule has 0 aliphatic rings. The summed E-state index contributed by atoms with van der Waals surface area (Å²) >= 11 is 0. The van der Waals surface area contributed by atoms with Crippen molar-refractivity contribution in [2.75, 3.05) is 6.54 Å². The van der Waals surface area contributed by atoms with Crippen LogP contribution in [0.3, 0.4) is 0 Å². The number of carbonyl (C=O) groups is 2. The summed E-state index contributed by atoms with van der Waals surface area (Å²) in [5, 5.41) is 8.82. The lowest BCUT2D eigenvalue weighted by Crippen LogP contribution is -2.38. The molecule has 0 radical (unpaired) electrons. The molecule has 0 aromatic heterocycles. The number of benzene rings is 1. The van der Waals surface area contributed by atoms with Crippen molar-refractivity contribution in [1.82, 2.24) is 4.90 Å². The molecule has 0 heterocycles. The lowest BCUT2D eigenvalue weighted by molar-refractivity contribution is 0.0681. The zero-order valence-corrected chi connectivity index (χ0v) is 12.7.